The summed E-state index contributed by atoms with van der Waals surface area (Å²) in [7, 11) is 1.67. The normalized spacial score (nSPS) is 16.2. The number of esters is 1. The Kier molecular flexibility index (Phi) is 6.44. The smallest absolute Gasteiger partial charge is 0.302 e. The van der Waals surface area contributed by atoms with E-state index in [1.165, 1.54) is 22.7 Å². The predicted octanol–water partition coefficient (Wildman–Crippen LogP) is 4.13. The van der Waals surface area contributed by atoms with E-state index in [-0.39, 0.29) is 23.9 Å². The Morgan fingerprint density at radius 2 is 1.95 bits per heavy atom. The lowest BCUT2D eigenvalue weighted by atomic mass is 9.98. The molecule has 1 aromatic carbocycles. The maximum Gasteiger partial charge on any atom is 0.302 e. The van der Waals surface area contributed by atoms with Crippen LogP contribution in [-0.2, 0) is 42.6 Å². The molecule has 3 aromatic heterocycles. The summed E-state index contributed by atoms with van der Waals surface area (Å²) in [5.41, 5.74) is 6.18. The first-order valence-electron chi connectivity index (χ1n) is 14.5. The number of hydrogen-bond donors (Lipinski definition) is 1. The summed E-state index contributed by atoms with van der Waals surface area (Å²) in [5.74, 6) is -0.335. The van der Waals surface area contributed by atoms with E-state index < -0.39 is 5.97 Å². The lowest BCUT2D eigenvalue weighted by Crippen LogP contribution is -2.41. The summed E-state index contributed by atoms with van der Waals surface area (Å²) in [4.78, 5) is 45.4. The van der Waals surface area contributed by atoms with Crippen LogP contribution in [0.15, 0.2) is 47.7 Å². The highest BCUT2D eigenvalue weighted by Crippen LogP contribution is 2.36. The van der Waals surface area contributed by atoms with Crippen molar-refractivity contribution in [2.24, 2.45) is 7.05 Å². The van der Waals surface area contributed by atoms with Crippen molar-refractivity contribution in [2.75, 3.05) is 16.8 Å². The molecule has 4 heterocycles. The van der Waals surface area contributed by atoms with Gasteiger partial charge in [-0.05, 0) is 56.2 Å². The third-order valence-electron chi connectivity index (χ3n) is 8.41. The topological polar surface area (TPSA) is 116 Å². The Balaban J connectivity index is 1.28. The van der Waals surface area contributed by atoms with Crippen molar-refractivity contribution in [1.82, 2.24) is 23.9 Å². The van der Waals surface area contributed by atoms with Crippen molar-refractivity contribution in [3.63, 3.8) is 0 Å². The van der Waals surface area contributed by atoms with E-state index in [1.54, 1.807) is 24.3 Å². The second-order valence-corrected chi connectivity index (χ2v) is 11.4. The molecule has 1 saturated carbocycles. The molecule has 11 heteroatoms. The largest absolute Gasteiger partial charge is 0.461 e. The first-order valence-corrected chi connectivity index (χ1v) is 14.5. The van der Waals surface area contributed by atoms with Crippen molar-refractivity contribution in [3.8, 4) is 11.3 Å². The number of nitrogens with zero attached hydrogens (tertiary/aromatic N) is 6. The zero-order valence-corrected chi connectivity index (χ0v) is 23.8. The maximum atomic E-state index is 13.9. The molecule has 1 amide bonds. The lowest BCUT2D eigenvalue weighted by Gasteiger charge is -2.31. The molecular formula is C31H33N7O4. The number of rotatable bonds is 7. The van der Waals surface area contributed by atoms with Gasteiger partial charge in [-0.3, -0.25) is 19.1 Å². The van der Waals surface area contributed by atoms with Crippen LogP contribution in [0.5, 0.6) is 0 Å². The molecule has 1 fully saturated rings. The van der Waals surface area contributed by atoms with Crippen LogP contribution >= 0.6 is 0 Å². The number of carbonyl (C=O) groups excluding carboxylic acids is 2. The van der Waals surface area contributed by atoms with Gasteiger partial charge in [0.2, 0.25) is 0 Å². The Labute approximate surface area is 242 Å². The Hall–Kier alpha value is -4.67. The molecule has 1 N–H and O–H groups in total. The van der Waals surface area contributed by atoms with Crippen LogP contribution < -0.4 is 15.8 Å². The van der Waals surface area contributed by atoms with E-state index >= 15 is 0 Å². The number of amides is 1. The number of aryl methyl sites for hydroxylation is 2. The van der Waals surface area contributed by atoms with Crippen molar-refractivity contribution >= 4 is 29.1 Å². The van der Waals surface area contributed by atoms with E-state index in [9.17, 15) is 14.4 Å². The van der Waals surface area contributed by atoms with E-state index in [4.69, 9.17) is 9.72 Å². The molecule has 0 atom stereocenters. The fourth-order valence-electron chi connectivity index (χ4n) is 6.16. The van der Waals surface area contributed by atoms with Gasteiger partial charge >= 0.3 is 5.97 Å². The van der Waals surface area contributed by atoms with Gasteiger partial charge in [-0.2, -0.15) is 5.10 Å². The number of hydrogen-bond acceptors (Lipinski definition) is 7. The van der Waals surface area contributed by atoms with Gasteiger partial charge in [0, 0.05) is 56.3 Å². The Morgan fingerprint density at radius 3 is 2.76 bits per heavy atom. The molecular weight excluding hydrogens is 534 g/mol. The third-order valence-corrected chi connectivity index (χ3v) is 8.41. The second-order valence-electron chi connectivity index (χ2n) is 11.4. The number of benzene rings is 1. The minimum Gasteiger partial charge on any atom is -0.461 e. The maximum absolute atomic E-state index is 13.9. The van der Waals surface area contributed by atoms with Gasteiger partial charge in [0.15, 0.2) is 5.82 Å². The van der Waals surface area contributed by atoms with Crippen LogP contribution in [0.2, 0.25) is 0 Å². The molecule has 0 radical (unpaired) electrons. The van der Waals surface area contributed by atoms with E-state index in [1.807, 2.05) is 29.1 Å². The molecule has 0 bridgehead atoms. The summed E-state index contributed by atoms with van der Waals surface area (Å²) < 4.78 is 11.1. The third kappa shape index (κ3) is 4.68. The molecule has 1 aliphatic heterocycles. The highest BCUT2D eigenvalue weighted by molar-refractivity contribution is 6.07. The van der Waals surface area contributed by atoms with Crippen LogP contribution in [0.4, 0.5) is 17.2 Å². The molecule has 0 saturated heterocycles. The van der Waals surface area contributed by atoms with Crippen LogP contribution in [0.3, 0.4) is 0 Å². The molecule has 11 nitrogen and oxygen atoms in total. The molecule has 2 aliphatic carbocycles. The Morgan fingerprint density at radius 1 is 1.12 bits per heavy atom. The highest BCUT2D eigenvalue weighted by atomic mass is 16.5. The van der Waals surface area contributed by atoms with Crippen LogP contribution in [0.25, 0.3) is 11.3 Å². The zero-order chi connectivity index (χ0) is 29.0. The van der Waals surface area contributed by atoms with Gasteiger partial charge in [-0.1, -0.05) is 12.1 Å². The quantitative estimate of drug-likeness (QED) is 0.334. The SMILES string of the molecule is CC(=O)OCc1c(-c2cn(C)c(=O)c(Nc3cnn(C4CC4)c3)n2)cccc1N1CCn2c(cc3c2CCCC3)C1=O. The summed E-state index contributed by atoms with van der Waals surface area (Å²) in [5, 5.41) is 7.53. The molecule has 216 valence electrons. The standard InChI is InChI=1S/C31H33N7O4/c1-19(39)42-18-24-23(25-17-35(2)31(41)29(34-25)33-21-15-32-38(16-21)22-10-11-22)7-5-9-27(24)37-13-12-36-26-8-4-3-6-20(26)14-28(36)30(37)40/h5,7,9,14-17,22H,3-4,6,8,10-13,18H2,1-2H3,(H,33,34). The Bertz CT molecular complexity index is 1780. The monoisotopic (exact) mass is 567 g/mol. The summed E-state index contributed by atoms with van der Waals surface area (Å²) in [6.07, 6.45) is 11.7. The first-order chi connectivity index (χ1) is 20.4. The van der Waals surface area contributed by atoms with Gasteiger partial charge in [-0.15, -0.1) is 0 Å². The van der Waals surface area contributed by atoms with E-state index in [2.05, 4.69) is 21.0 Å². The second kappa shape index (κ2) is 10.3. The predicted molar refractivity (Wildman–Crippen MR) is 157 cm³/mol. The fourth-order valence-corrected chi connectivity index (χ4v) is 6.16. The van der Waals surface area contributed by atoms with Crippen molar-refractivity contribution < 1.29 is 14.3 Å². The van der Waals surface area contributed by atoms with Gasteiger partial charge in [0.05, 0.1) is 29.3 Å². The van der Waals surface area contributed by atoms with Gasteiger partial charge < -0.3 is 24.1 Å². The number of fused-ring (bicyclic) bond motifs is 3. The fraction of sp³-hybridized carbons (Fsp3) is 0.387. The van der Waals surface area contributed by atoms with Crippen LogP contribution in [-0.4, -0.2) is 42.3 Å². The van der Waals surface area contributed by atoms with E-state index in [0.29, 0.717) is 53.0 Å². The molecule has 0 unspecified atom stereocenters. The van der Waals surface area contributed by atoms with Crippen LogP contribution in [0, 0.1) is 0 Å². The van der Waals surface area contributed by atoms with E-state index in [0.717, 1.165) is 38.5 Å². The van der Waals surface area contributed by atoms with Crippen LogP contribution in [0.1, 0.15) is 66.0 Å². The summed E-state index contributed by atoms with van der Waals surface area (Å²) in [6, 6.07) is 8.09. The summed E-state index contributed by atoms with van der Waals surface area (Å²) >= 11 is 0. The average molecular weight is 568 g/mol. The molecule has 0 spiro atoms. The molecule has 42 heavy (non-hydrogen) atoms. The lowest BCUT2D eigenvalue weighted by molar-refractivity contribution is -0.142. The number of aromatic nitrogens is 5. The number of anilines is 3. The van der Waals surface area contributed by atoms with Gasteiger partial charge in [-0.25, -0.2) is 4.98 Å². The van der Waals surface area contributed by atoms with Crippen molar-refractivity contribution in [3.05, 3.63) is 75.7 Å². The van der Waals surface area contributed by atoms with Crippen molar-refractivity contribution in [2.45, 2.75) is 64.6 Å². The molecule has 4 aromatic rings. The number of carbonyl (C=O) groups is 2. The van der Waals surface area contributed by atoms with Gasteiger partial charge in [0.25, 0.3) is 11.5 Å². The zero-order valence-electron chi connectivity index (χ0n) is 23.8. The van der Waals surface area contributed by atoms with Crippen molar-refractivity contribution in [1.29, 1.82) is 0 Å². The highest BCUT2D eigenvalue weighted by Gasteiger charge is 2.32. The molecule has 7 rings (SSSR count). The number of ether oxygens (including phenoxy) is 1. The number of nitrogens with one attached hydrogen (secondary N) is 1. The van der Waals surface area contributed by atoms with Gasteiger partial charge in [0.1, 0.15) is 12.3 Å². The molecule has 3 aliphatic rings. The minimum atomic E-state index is -0.425. The first kappa shape index (κ1) is 26.2. The average Bonchev–Trinajstić information content (AvgIpc) is 3.61. The summed E-state index contributed by atoms with van der Waals surface area (Å²) in [6.45, 7) is 2.53. The minimum absolute atomic E-state index is 0.0381.